The maximum atomic E-state index is 12.2. The van der Waals surface area contributed by atoms with Crippen LogP contribution in [0.25, 0.3) is 0 Å². The molecule has 1 amide bonds. The SMILES string of the molecule is C=C1[C@H](O)C[C@H]2[C@@H]3[C@H](CCCCCCCCCCC(=O)N(C)CCCC)[C@H](O)c4cc(O)ccc4[C@H]3CC[C@]12C. The van der Waals surface area contributed by atoms with E-state index in [1.165, 1.54) is 37.7 Å². The third-order valence-electron chi connectivity index (χ3n) is 11.0. The molecule has 0 radical (unpaired) electrons. The van der Waals surface area contributed by atoms with Crippen molar-refractivity contribution in [3.63, 3.8) is 0 Å². The molecule has 1 aromatic carbocycles. The number of fused-ring (bicyclic) bond motifs is 5. The zero-order valence-electron chi connectivity index (χ0n) is 25.4. The van der Waals surface area contributed by atoms with Gasteiger partial charge in [-0.05, 0) is 96.4 Å². The highest BCUT2D eigenvalue weighted by Gasteiger charge is 2.58. The number of carbonyl (C=O) groups excluding carboxylic acids is 1. The van der Waals surface area contributed by atoms with E-state index in [0.29, 0.717) is 24.2 Å². The number of nitrogens with zero attached hydrogens (tertiary/aromatic N) is 1. The lowest BCUT2D eigenvalue weighted by Gasteiger charge is -2.53. The summed E-state index contributed by atoms with van der Waals surface area (Å²) in [6, 6.07) is 5.59. The molecule has 4 rings (SSSR count). The number of carbonyl (C=O) groups is 1. The predicted octanol–water partition coefficient (Wildman–Crippen LogP) is 7.65. The molecule has 5 heteroatoms. The van der Waals surface area contributed by atoms with Gasteiger partial charge in [-0.3, -0.25) is 4.79 Å². The molecule has 3 aliphatic rings. The van der Waals surface area contributed by atoms with Crippen LogP contribution < -0.4 is 0 Å². The summed E-state index contributed by atoms with van der Waals surface area (Å²) in [5.74, 6) is 1.71. The van der Waals surface area contributed by atoms with Crippen LogP contribution in [0.2, 0.25) is 0 Å². The van der Waals surface area contributed by atoms with Gasteiger partial charge in [-0.2, -0.15) is 0 Å². The minimum Gasteiger partial charge on any atom is -0.508 e. The van der Waals surface area contributed by atoms with Crippen molar-refractivity contribution in [3.05, 3.63) is 41.5 Å². The number of phenolic OH excluding ortho intramolecular Hbond substituents is 1. The van der Waals surface area contributed by atoms with Gasteiger partial charge in [0.25, 0.3) is 0 Å². The van der Waals surface area contributed by atoms with Crippen LogP contribution in [0.5, 0.6) is 5.75 Å². The standard InChI is InChI=1S/C35H55NO4/c1-5-6-21-36(4)32(39)16-14-12-10-8-7-9-11-13-15-28-33-27(26-18-17-25(37)22-29(26)34(28)40)19-20-35(3)24(2)31(38)23-30(33)35/h17-18,22,27-28,30-31,33-34,37-38,40H,2,5-16,19-21,23H2,1,3-4H3/t27-,28+,30+,31-,33+,34+,35-/m1/s1. The van der Waals surface area contributed by atoms with E-state index in [1.54, 1.807) is 12.1 Å². The predicted molar refractivity (Wildman–Crippen MR) is 162 cm³/mol. The van der Waals surface area contributed by atoms with Crippen LogP contribution in [0.4, 0.5) is 0 Å². The van der Waals surface area contributed by atoms with Gasteiger partial charge in [0.2, 0.25) is 5.91 Å². The van der Waals surface area contributed by atoms with Gasteiger partial charge >= 0.3 is 0 Å². The molecule has 0 spiro atoms. The Balaban J connectivity index is 1.25. The third-order valence-corrected chi connectivity index (χ3v) is 11.0. The number of phenols is 1. The number of aliphatic hydroxyl groups is 2. The summed E-state index contributed by atoms with van der Waals surface area (Å²) >= 11 is 0. The summed E-state index contributed by atoms with van der Waals surface area (Å²) in [5.41, 5.74) is 3.06. The fraction of sp³-hybridized carbons (Fsp3) is 0.743. The first kappa shape index (κ1) is 31.1. The Kier molecular flexibility index (Phi) is 10.8. The lowest BCUT2D eigenvalue weighted by atomic mass is 9.51. The topological polar surface area (TPSA) is 81.0 Å². The van der Waals surface area contributed by atoms with Gasteiger partial charge in [-0.25, -0.2) is 0 Å². The van der Waals surface area contributed by atoms with Crippen molar-refractivity contribution in [2.75, 3.05) is 13.6 Å². The van der Waals surface area contributed by atoms with Crippen molar-refractivity contribution >= 4 is 5.91 Å². The lowest BCUT2D eigenvalue weighted by molar-refractivity contribution is -0.130. The van der Waals surface area contributed by atoms with Gasteiger partial charge in [0.1, 0.15) is 5.75 Å². The Morgan fingerprint density at radius 3 is 2.40 bits per heavy atom. The number of amides is 1. The number of aliphatic hydroxyl groups excluding tert-OH is 2. The van der Waals surface area contributed by atoms with Crippen LogP contribution in [0, 0.1) is 23.2 Å². The summed E-state index contributed by atoms with van der Waals surface area (Å²) in [5, 5.41) is 32.6. The Morgan fingerprint density at radius 2 is 1.70 bits per heavy atom. The summed E-state index contributed by atoms with van der Waals surface area (Å²) in [4.78, 5) is 14.1. The van der Waals surface area contributed by atoms with Crippen LogP contribution >= 0.6 is 0 Å². The van der Waals surface area contributed by atoms with Crippen molar-refractivity contribution in [2.24, 2.45) is 23.2 Å². The first-order valence-corrected chi connectivity index (χ1v) is 16.3. The third kappa shape index (κ3) is 6.62. The van der Waals surface area contributed by atoms with Crippen LogP contribution in [0.3, 0.4) is 0 Å². The van der Waals surface area contributed by atoms with E-state index in [1.807, 2.05) is 18.0 Å². The van der Waals surface area contributed by atoms with E-state index in [0.717, 1.165) is 75.5 Å². The maximum Gasteiger partial charge on any atom is 0.222 e. The number of hydrogen-bond acceptors (Lipinski definition) is 4. The molecule has 1 aromatic rings. The molecule has 2 saturated carbocycles. The van der Waals surface area contributed by atoms with Crippen molar-refractivity contribution < 1.29 is 20.1 Å². The fourth-order valence-corrected chi connectivity index (χ4v) is 8.45. The van der Waals surface area contributed by atoms with Gasteiger partial charge in [0.05, 0.1) is 12.2 Å². The Bertz CT molecular complexity index is 1010. The molecule has 0 aromatic heterocycles. The average Bonchev–Trinajstić information content (AvgIpc) is 3.17. The van der Waals surface area contributed by atoms with E-state index >= 15 is 0 Å². The molecular weight excluding hydrogens is 498 g/mol. The van der Waals surface area contributed by atoms with E-state index in [2.05, 4.69) is 20.4 Å². The van der Waals surface area contributed by atoms with Gasteiger partial charge in [-0.1, -0.05) is 77.9 Å². The Labute approximate surface area is 243 Å². The second-order valence-corrected chi connectivity index (χ2v) is 13.5. The molecule has 0 aliphatic heterocycles. The molecule has 224 valence electrons. The number of benzene rings is 1. The molecule has 3 N–H and O–H groups in total. The first-order chi connectivity index (χ1) is 19.2. The number of rotatable bonds is 14. The first-order valence-electron chi connectivity index (χ1n) is 16.3. The maximum absolute atomic E-state index is 12.2. The van der Waals surface area contributed by atoms with Crippen molar-refractivity contribution in [2.45, 2.75) is 128 Å². The van der Waals surface area contributed by atoms with E-state index in [4.69, 9.17) is 0 Å². The smallest absolute Gasteiger partial charge is 0.222 e. The van der Waals surface area contributed by atoms with Crippen LogP contribution in [-0.2, 0) is 4.79 Å². The van der Waals surface area contributed by atoms with Gasteiger partial charge < -0.3 is 20.2 Å². The molecule has 7 atom stereocenters. The number of aromatic hydroxyl groups is 1. The summed E-state index contributed by atoms with van der Waals surface area (Å²) in [6.45, 7) is 9.64. The fourth-order valence-electron chi connectivity index (χ4n) is 8.45. The molecular formula is C35H55NO4. The van der Waals surface area contributed by atoms with E-state index in [9.17, 15) is 20.1 Å². The van der Waals surface area contributed by atoms with Gasteiger partial charge in [-0.15, -0.1) is 0 Å². The minimum absolute atomic E-state index is 0.0531. The Morgan fingerprint density at radius 1 is 1.02 bits per heavy atom. The van der Waals surface area contributed by atoms with E-state index in [-0.39, 0.29) is 23.0 Å². The van der Waals surface area contributed by atoms with Crippen LogP contribution in [0.15, 0.2) is 30.4 Å². The highest BCUT2D eigenvalue weighted by atomic mass is 16.3. The molecule has 0 unspecified atom stereocenters. The number of unbranched alkanes of at least 4 members (excludes halogenated alkanes) is 8. The molecule has 0 bridgehead atoms. The summed E-state index contributed by atoms with van der Waals surface area (Å²) < 4.78 is 0. The molecule has 5 nitrogen and oxygen atoms in total. The van der Waals surface area contributed by atoms with Crippen molar-refractivity contribution in [1.29, 1.82) is 0 Å². The van der Waals surface area contributed by atoms with Gasteiger partial charge in [0, 0.05) is 20.0 Å². The largest absolute Gasteiger partial charge is 0.508 e. The Hall–Kier alpha value is -1.85. The molecule has 40 heavy (non-hydrogen) atoms. The van der Waals surface area contributed by atoms with Crippen molar-refractivity contribution in [3.8, 4) is 5.75 Å². The zero-order chi connectivity index (χ0) is 28.9. The average molecular weight is 554 g/mol. The van der Waals surface area contributed by atoms with Gasteiger partial charge in [0.15, 0.2) is 0 Å². The number of hydrogen-bond donors (Lipinski definition) is 3. The molecule has 2 fully saturated rings. The van der Waals surface area contributed by atoms with Crippen LogP contribution in [-0.4, -0.2) is 45.8 Å². The molecule has 3 aliphatic carbocycles. The second kappa shape index (κ2) is 13.9. The zero-order valence-corrected chi connectivity index (χ0v) is 25.4. The normalized spacial score (nSPS) is 31.0. The quantitative estimate of drug-likeness (QED) is 0.163. The minimum atomic E-state index is -0.569. The summed E-state index contributed by atoms with van der Waals surface area (Å²) in [7, 11) is 1.92. The highest BCUT2D eigenvalue weighted by Crippen LogP contribution is 2.65. The van der Waals surface area contributed by atoms with Crippen molar-refractivity contribution in [1.82, 2.24) is 4.90 Å². The summed E-state index contributed by atoms with van der Waals surface area (Å²) in [6.07, 6.45) is 15.0. The van der Waals surface area contributed by atoms with Crippen LogP contribution in [0.1, 0.15) is 133 Å². The monoisotopic (exact) mass is 553 g/mol. The van der Waals surface area contributed by atoms with E-state index < -0.39 is 12.2 Å². The second-order valence-electron chi connectivity index (χ2n) is 13.5. The molecule has 0 saturated heterocycles. The lowest BCUT2D eigenvalue weighted by Crippen LogP contribution is -2.45. The highest BCUT2D eigenvalue weighted by molar-refractivity contribution is 5.75. The molecule has 0 heterocycles.